The van der Waals surface area contributed by atoms with E-state index in [1.807, 2.05) is 0 Å². The predicted molar refractivity (Wildman–Crippen MR) is 50.3 cm³/mol. The van der Waals surface area contributed by atoms with Crippen LogP contribution in [0, 0.1) is 0 Å². The Morgan fingerprint density at radius 2 is 1.87 bits per heavy atom. The van der Waals surface area contributed by atoms with Crippen LogP contribution in [0.3, 0.4) is 0 Å². The third kappa shape index (κ3) is 2.98. The second kappa shape index (κ2) is 4.99. The van der Waals surface area contributed by atoms with Crippen LogP contribution in [0.15, 0.2) is 30.3 Å². The minimum Gasteiger partial charge on any atom is -0.478 e. The SMILES string of the molecule is COC(=O)O[C@H](C(=O)O)c1ccccc1. The molecule has 0 heterocycles. The number of carbonyl (C=O) groups is 2. The molecular weight excluding hydrogens is 200 g/mol. The van der Waals surface area contributed by atoms with E-state index in [1.165, 1.54) is 0 Å². The van der Waals surface area contributed by atoms with Crippen molar-refractivity contribution in [1.82, 2.24) is 0 Å². The zero-order valence-electron chi connectivity index (χ0n) is 8.04. The Balaban J connectivity index is 2.84. The van der Waals surface area contributed by atoms with E-state index in [9.17, 15) is 9.59 Å². The Labute approximate surface area is 86.2 Å². The molecular formula is C10H10O5. The molecule has 1 N–H and O–H groups in total. The summed E-state index contributed by atoms with van der Waals surface area (Å²) in [5.41, 5.74) is 0.385. The van der Waals surface area contributed by atoms with Gasteiger partial charge in [-0.1, -0.05) is 30.3 Å². The number of hydrogen-bond acceptors (Lipinski definition) is 4. The fourth-order valence-corrected chi connectivity index (χ4v) is 1.03. The topological polar surface area (TPSA) is 72.8 Å². The smallest absolute Gasteiger partial charge is 0.478 e. The maximum Gasteiger partial charge on any atom is 0.509 e. The largest absolute Gasteiger partial charge is 0.509 e. The monoisotopic (exact) mass is 210 g/mol. The highest BCUT2D eigenvalue weighted by Gasteiger charge is 2.24. The summed E-state index contributed by atoms with van der Waals surface area (Å²) in [6, 6.07) is 8.17. The first-order valence-electron chi connectivity index (χ1n) is 4.17. The van der Waals surface area contributed by atoms with Gasteiger partial charge in [-0.15, -0.1) is 0 Å². The lowest BCUT2D eigenvalue weighted by atomic mass is 10.1. The Morgan fingerprint density at radius 1 is 1.27 bits per heavy atom. The van der Waals surface area contributed by atoms with Gasteiger partial charge in [0.15, 0.2) is 0 Å². The fourth-order valence-electron chi connectivity index (χ4n) is 1.03. The van der Waals surface area contributed by atoms with Crippen LogP contribution >= 0.6 is 0 Å². The first-order chi connectivity index (χ1) is 7.15. The van der Waals surface area contributed by atoms with Gasteiger partial charge in [-0.25, -0.2) is 9.59 Å². The first-order valence-corrected chi connectivity index (χ1v) is 4.17. The van der Waals surface area contributed by atoms with Gasteiger partial charge in [-0.2, -0.15) is 0 Å². The van der Waals surface area contributed by atoms with Crippen molar-refractivity contribution in [2.75, 3.05) is 7.11 Å². The molecule has 15 heavy (non-hydrogen) atoms. The molecule has 0 spiro atoms. The highest BCUT2D eigenvalue weighted by atomic mass is 16.7. The third-order valence-electron chi connectivity index (χ3n) is 1.71. The molecule has 0 unspecified atom stereocenters. The van der Waals surface area contributed by atoms with E-state index in [0.717, 1.165) is 7.11 Å². The standard InChI is InChI=1S/C10H10O5/c1-14-10(13)15-8(9(11)12)7-5-3-2-4-6-7/h2-6,8H,1H3,(H,11,12)/t8-/m0/s1. The van der Waals surface area contributed by atoms with Crippen molar-refractivity contribution in [3.63, 3.8) is 0 Å². The summed E-state index contributed by atoms with van der Waals surface area (Å²) in [6.07, 6.45) is -2.36. The highest BCUT2D eigenvalue weighted by molar-refractivity contribution is 5.77. The lowest BCUT2D eigenvalue weighted by Crippen LogP contribution is -2.19. The van der Waals surface area contributed by atoms with Crippen molar-refractivity contribution in [3.8, 4) is 0 Å². The zero-order valence-corrected chi connectivity index (χ0v) is 8.04. The molecule has 0 fully saturated rings. The molecule has 0 aromatic heterocycles. The molecule has 0 amide bonds. The highest BCUT2D eigenvalue weighted by Crippen LogP contribution is 2.17. The van der Waals surface area contributed by atoms with E-state index < -0.39 is 18.2 Å². The van der Waals surface area contributed by atoms with Crippen molar-refractivity contribution in [3.05, 3.63) is 35.9 Å². The number of benzene rings is 1. The number of hydrogen-bond donors (Lipinski definition) is 1. The minimum atomic E-state index is -1.33. The van der Waals surface area contributed by atoms with E-state index >= 15 is 0 Å². The normalized spacial score (nSPS) is 11.5. The van der Waals surface area contributed by atoms with Crippen LogP contribution in [0.1, 0.15) is 11.7 Å². The summed E-state index contributed by atoms with van der Waals surface area (Å²) in [4.78, 5) is 21.6. The molecule has 0 aliphatic rings. The van der Waals surface area contributed by atoms with Crippen LogP contribution < -0.4 is 0 Å². The molecule has 80 valence electrons. The van der Waals surface area contributed by atoms with Crippen molar-refractivity contribution in [2.45, 2.75) is 6.10 Å². The molecule has 0 aliphatic carbocycles. The van der Waals surface area contributed by atoms with Crippen LogP contribution in [0.5, 0.6) is 0 Å². The summed E-state index contributed by atoms with van der Waals surface area (Å²) in [5.74, 6) is -1.24. The lowest BCUT2D eigenvalue weighted by Gasteiger charge is -2.12. The van der Waals surface area contributed by atoms with E-state index in [1.54, 1.807) is 30.3 Å². The molecule has 1 aromatic carbocycles. The summed E-state index contributed by atoms with van der Waals surface area (Å²) >= 11 is 0. The quantitative estimate of drug-likeness (QED) is 0.767. The van der Waals surface area contributed by atoms with Crippen LogP contribution in [0.25, 0.3) is 0 Å². The van der Waals surface area contributed by atoms with Crippen molar-refractivity contribution >= 4 is 12.1 Å². The summed E-state index contributed by atoms with van der Waals surface area (Å²) in [6.45, 7) is 0. The Morgan fingerprint density at radius 3 is 2.33 bits per heavy atom. The number of ether oxygens (including phenoxy) is 2. The molecule has 1 aromatic rings. The molecule has 0 saturated heterocycles. The molecule has 0 aliphatic heterocycles. The molecule has 5 heteroatoms. The van der Waals surface area contributed by atoms with Crippen LogP contribution in [-0.4, -0.2) is 24.3 Å². The second-order valence-corrected chi connectivity index (χ2v) is 2.70. The molecule has 0 bridgehead atoms. The molecule has 1 rings (SSSR count). The average molecular weight is 210 g/mol. The third-order valence-corrected chi connectivity index (χ3v) is 1.71. The summed E-state index contributed by atoms with van der Waals surface area (Å²) < 4.78 is 8.81. The van der Waals surface area contributed by atoms with E-state index in [-0.39, 0.29) is 0 Å². The molecule has 0 saturated carbocycles. The number of rotatable bonds is 3. The van der Waals surface area contributed by atoms with E-state index in [0.29, 0.717) is 5.56 Å². The maximum atomic E-state index is 10.8. The molecule has 5 nitrogen and oxygen atoms in total. The lowest BCUT2D eigenvalue weighted by molar-refractivity contribution is -0.148. The van der Waals surface area contributed by atoms with Crippen molar-refractivity contribution in [1.29, 1.82) is 0 Å². The van der Waals surface area contributed by atoms with E-state index in [2.05, 4.69) is 9.47 Å². The predicted octanol–water partition coefficient (Wildman–Crippen LogP) is 1.60. The molecule has 0 radical (unpaired) electrons. The Bertz CT molecular complexity index is 346. The fraction of sp³-hybridized carbons (Fsp3) is 0.200. The number of methoxy groups -OCH3 is 1. The number of aliphatic carboxylic acids is 1. The van der Waals surface area contributed by atoms with Crippen LogP contribution in [0.4, 0.5) is 4.79 Å². The second-order valence-electron chi connectivity index (χ2n) is 2.70. The van der Waals surface area contributed by atoms with Gasteiger partial charge >= 0.3 is 12.1 Å². The summed E-state index contributed by atoms with van der Waals surface area (Å²) in [5, 5.41) is 8.84. The molecule has 1 atom stereocenters. The number of carboxylic acid groups (broad SMARTS) is 1. The van der Waals surface area contributed by atoms with Gasteiger partial charge in [0.2, 0.25) is 6.10 Å². The Kier molecular flexibility index (Phi) is 3.68. The van der Waals surface area contributed by atoms with Gasteiger partial charge in [0, 0.05) is 5.56 Å². The van der Waals surface area contributed by atoms with Gasteiger partial charge in [-0.3, -0.25) is 0 Å². The first kappa shape index (κ1) is 11.0. The van der Waals surface area contributed by atoms with Gasteiger partial charge in [0.05, 0.1) is 7.11 Å². The summed E-state index contributed by atoms with van der Waals surface area (Å²) in [7, 11) is 1.12. The Hall–Kier alpha value is -2.04. The van der Waals surface area contributed by atoms with Gasteiger partial charge < -0.3 is 14.6 Å². The maximum absolute atomic E-state index is 10.8. The van der Waals surface area contributed by atoms with Gasteiger partial charge in [-0.05, 0) is 0 Å². The number of carbonyl (C=O) groups excluding carboxylic acids is 1. The van der Waals surface area contributed by atoms with Crippen molar-refractivity contribution < 1.29 is 24.2 Å². The zero-order chi connectivity index (χ0) is 11.3. The van der Waals surface area contributed by atoms with Gasteiger partial charge in [0.1, 0.15) is 0 Å². The van der Waals surface area contributed by atoms with E-state index in [4.69, 9.17) is 5.11 Å². The van der Waals surface area contributed by atoms with Crippen LogP contribution in [-0.2, 0) is 14.3 Å². The van der Waals surface area contributed by atoms with Gasteiger partial charge in [0.25, 0.3) is 0 Å². The number of carboxylic acids is 1. The van der Waals surface area contributed by atoms with Crippen LogP contribution in [0.2, 0.25) is 0 Å². The average Bonchev–Trinajstić information content (AvgIpc) is 2.26. The van der Waals surface area contributed by atoms with Crippen molar-refractivity contribution in [2.24, 2.45) is 0 Å². The minimum absolute atomic E-state index is 0.385.